The van der Waals surface area contributed by atoms with Crippen molar-refractivity contribution in [2.75, 3.05) is 19.8 Å². The first kappa shape index (κ1) is 17.3. The molecule has 0 aromatic carbocycles. The molecule has 0 aromatic heterocycles. The van der Waals surface area contributed by atoms with Gasteiger partial charge in [0.2, 0.25) is 0 Å². The molecule has 7 atom stereocenters. The molecule has 4 heteroatoms. The number of aliphatic hydroxyl groups excluding tert-OH is 2. The van der Waals surface area contributed by atoms with Gasteiger partial charge in [0.1, 0.15) is 0 Å². The van der Waals surface area contributed by atoms with E-state index in [4.69, 9.17) is 9.47 Å². The number of rotatable bonds is 1. The van der Waals surface area contributed by atoms with Crippen LogP contribution in [0.5, 0.6) is 0 Å². The molecule has 4 rings (SSSR count). The normalized spacial score (nSPS) is 57.6. The second-order valence-electron chi connectivity index (χ2n) is 9.64. The zero-order valence-corrected chi connectivity index (χ0v) is 15.5. The first-order chi connectivity index (χ1) is 11.3. The second-order valence-corrected chi connectivity index (χ2v) is 9.64. The topological polar surface area (TPSA) is 58.9 Å². The molecule has 2 saturated heterocycles. The number of fused-ring (bicyclic) bond motifs is 2. The summed E-state index contributed by atoms with van der Waals surface area (Å²) in [4.78, 5) is 0. The molecule has 4 aliphatic rings. The second kappa shape index (κ2) is 5.42. The van der Waals surface area contributed by atoms with E-state index in [2.05, 4.69) is 20.8 Å². The van der Waals surface area contributed by atoms with Crippen LogP contribution in [0.1, 0.15) is 65.7 Å². The number of hydrogen-bond donors (Lipinski definition) is 2. The van der Waals surface area contributed by atoms with Crippen molar-refractivity contribution in [1.29, 1.82) is 0 Å². The van der Waals surface area contributed by atoms with Gasteiger partial charge in [-0.3, -0.25) is 0 Å². The van der Waals surface area contributed by atoms with Gasteiger partial charge in [0.05, 0.1) is 30.5 Å². The Morgan fingerprint density at radius 1 is 1.04 bits per heavy atom. The van der Waals surface area contributed by atoms with Crippen molar-refractivity contribution in [1.82, 2.24) is 0 Å². The highest BCUT2D eigenvalue weighted by molar-refractivity contribution is 5.17. The molecule has 0 bridgehead atoms. The van der Waals surface area contributed by atoms with Gasteiger partial charge >= 0.3 is 0 Å². The van der Waals surface area contributed by atoms with Crippen LogP contribution in [0.15, 0.2) is 0 Å². The van der Waals surface area contributed by atoms with E-state index < -0.39 is 11.5 Å². The molecule has 0 aromatic rings. The van der Waals surface area contributed by atoms with Crippen molar-refractivity contribution in [3.8, 4) is 0 Å². The third-order valence-electron chi connectivity index (χ3n) is 8.67. The van der Waals surface area contributed by atoms with Crippen molar-refractivity contribution in [2.24, 2.45) is 22.7 Å². The van der Waals surface area contributed by atoms with Crippen LogP contribution in [-0.4, -0.2) is 47.3 Å². The molecule has 2 spiro atoms. The van der Waals surface area contributed by atoms with Gasteiger partial charge in [-0.2, -0.15) is 0 Å². The van der Waals surface area contributed by atoms with E-state index in [1.807, 2.05) is 0 Å². The van der Waals surface area contributed by atoms with Gasteiger partial charge < -0.3 is 19.7 Å². The molecule has 138 valence electrons. The summed E-state index contributed by atoms with van der Waals surface area (Å²) < 4.78 is 12.7. The first-order valence-corrected chi connectivity index (χ1v) is 9.89. The van der Waals surface area contributed by atoms with E-state index in [-0.39, 0.29) is 23.2 Å². The Bertz CT molecular complexity index is 502. The van der Waals surface area contributed by atoms with Crippen LogP contribution in [0.3, 0.4) is 0 Å². The van der Waals surface area contributed by atoms with E-state index in [1.165, 1.54) is 0 Å². The highest BCUT2D eigenvalue weighted by Gasteiger charge is 2.69. The van der Waals surface area contributed by atoms with Crippen molar-refractivity contribution in [2.45, 2.75) is 83.0 Å². The van der Waals surface area contributed by atoms with Gasteiger partial charge in [0, 0.05) is 23.9 Å². The molecular formula is C20H34O4. The molecule has 0 unspecified atom stereocenters. The Hall–Kier alpha value is -0.160. The Morgan fingerprint density at radius 3 is 2.50 bits per heavy atom. The van der Waals surface area contributed by atoms with Crippen LogP contribution in [0.2, 0.25) is 0 Å². The van der Waals surface area contributed by atoms with E-state index in [0.717, 1.165) is 58.2 Å². The molecule has 2 saturated carbocycles. The predicted molar refractivity (Wildman–Crippen MR) is 91.6 cm³/mol. The zero-order chi connectivity index (χ0) is 17.2. The molecule has 24 heavy (non-hydrogen) atoms. The lowest BCUT2D eigenvalue weighted by Gasteiger charge is -2.65. The van der Waals surface area contributed by atoms with E-state index in [9.17, 15) is 10.2 Å². The lowest BCUT2D eigenvalue weighted by molar-refractivity contribution is -0.266. The number of hydrogen-bond acceptors (Lipinski definition) is 4. The lowest BCUT2D eigenvalue weighted by atomic mass is 9.43. The number of ether oxygens (including phenoxy) is 2. The minimum Gasteiger partial charge on any atom is -0.396 e. The molecule has 0 radical (unpaired) electrons. The minimum absolute atomic E-state index is 0.0213. The maximum absolute atomic E-state index is 10.7. The van der Waals surface area contributed by atoms with Crippen molar-refractivity contribution < 1.29 is 19.7 Å². The van der Waals surface area contributed by atoms with Crippen molar-refractivity contribution in [3.63, 3.8) is 0 Å². The predicted octanol–water partition coefficient (Wildman–Crippen LogP) is 2.90. The fourth-order valence-corrected chi connectivity index (χ4v) is 7.00. The Labute approximate surface area is 145 Å². The Kier molecular flexibility index (Phi) is 3.90. The smallest absolute Gasteiger partial charge is 0.0945 e. The summed E-state index contributed by atoms with van der Waals surface area (Å²) in [7, 11) is 0. The van der Waals surface area contributed by atoms with Crippen LogP contribution in [0.25, 0.3) is 0 Å². The van der Waals surface area contributed by atoms with Crippen molar-refractivity contribution >= 4 is 0 Å². The van der Waals surface area contributed by atoms with Crippen LogP contribution >= 0.6 is 0 Å². The van der Waals surface area contributed by atoms with Gasteiger partial charge in [-0.1, -0.05) is 20.8 Å². The molecule has 0 amide bonds. The third kappa shape index (κ3) is 2.00. The molecule has 2 aliphatic carbocycles. The molecule has 4 fully saturated rings. The molecular weight excluding hydrogens is 304 g/mol. The zero-order valence-electron chi connectivity index (χ0n) is 15.5. The quantitative estimate of drug-likeness (QED) is 0.772. The Balaban J connectivity index is 1.74. The maximum atomic E-state index is 10.7. The van der Waals surface area contributed by atoms with Crippen LogP contribution in [0.4, 0.5) is 0 Å². The largest absolute Gasteiger partial charge is 0.396 e. The molecule has 4 nitrogen and oxygen atoms in total. The molecule has 2 N–H and O–H groups in total. The van der Waals surface area contributed by atoms with Gasteiger partial charge in [-0.15, -0.1) is 0 Å². The average Bonchev–Trinajstić information content (AvgIpc) is 3.18. The summed E-state index contributed by atoms with van der Waals surface area (Å²) in [6, 6.07) is 0. The van der Waals surface area contributed by atoms with E-state index >= 15 is 0 Å². The van der Waals surface area contributed by atoms with Gasteiger partial charge in [0.25, 0.3) is 0 Å². The molecule has 2 heterocycles. The standard InChI is InChI=1S/C20H34O4/c1-14-4-5-15-17(2,12-21)16(22)6-7-18(15,3)20(14)9-8-19(24-20)10-11-23-13-19/h14-16,21-22H,4-13H2,1-3H3/t14-,15+,16+,17-,18-,19+,20-/m1/s1. The highest BCUT2D eigenvalue weighted by atomic mass is 16.6. The first-order valence-electron chi connectivity index (χ1n) is 9.89. The third-order valence-corrected chi connectivity index (χ3v) is 8.67. The van der Waals surface area contributed by atoms with Crippen LogP contribution in [-0.2, 0) is 9.47 Å². The van der Waals surface area contributed by atoms with Crippen LogP contribution < -0.4 is 0 Å². The summed E-state index contributed by atoms with van der Waals surface area (Å²) in [5, 5.41) is 20.8. The summed E-state index contributed by atoms with van der Waals surface area (Å²) in [6.45, 7) is 8.46. The van der Waals surface area contributed by atoms with Crippen molar-refractivity contribution in [3.05, 3.63) is 0 Å². The van der Waals surface area contributed by atoms with Gasteiger partial charge in [-0.05, 0) is 50.4 Å². The monoisotopic (exact) mass is 338 g/mol. The maximum Gasteiger partial charge on any atom is 0.0945 e. The van der Waals surface area contributed by atoms with Gasteiger partial charge in [0.15, 0.2) is 0 Å². The summed E-state index contributed by atoms with van der Waals surface area (Å²) in [5.74, 6) is 0.837. The van der Waals surface area contributed by atoms with E-state index in [1.54, 1.807) is 0 Å². The van der Waals surface area contributed by atoms with Crippen LogP contribution in [0, 0.1) is 22.7 Å². The number of aliphatic hydroxyl groups is 2. The fraction of sp³-hybridized carbons (Fsp3) is 1.00. The summed E-state index contributed by atoms with van der Waals surface area (Å²) >= 11 is 0. The SMILES string of the molecule is C[C@@H]1CC[C@H]2[C@@](C)(CO)[C@@H](O)CC[C@@]2(C)[C@@]12CC[C@@]1(CCOC1)O2. The molecule has 2 aliphatic heterocycles. The lowest BCUT2D eigenvalue weighted by Crippen LogP contribution is -2.66. The Morgan fingerprint density at radius 2 is 1.83 bits per heavy atom. The average molecular weight is 338 g/mol. The summed E-state index contributed by atoms with van der Waals surface area (Å²) in [6.07, 6.45) is 6.78. The van der Waals surface area contributed by atoms with E-state index in [0.29, 0.717) is 11.8 Å². The van der Waals surface area contributed by atoms with Gasteiger partial charge in [-0.25, -0.2) is 0 Å². The summed E-state index contributed by atoms with van der Waals surface area (Å²) in [5.41, 5.74) is -0.593. The highest BCUT2D eigenvalue weighted by Crippen LogP contribution is 2.68. The minimum atomic E-state index is -0.411. The fourth-order valence-electron chi connectivity index (χ4n) is 7.00.